The number of hydrogen-bond donors (Lipinski definition) is 0. The molecule has 3 heteroatoms. The smallest absolute Gasteiger partial charge is 0.339 e. The van der Waals surface area contributed by atoms with Gasteiger partial charge in [-0.1, -0.05) is 54.1 Å². The lowest BCUT2D eigenvalue weighted by Gasteiger charge is -2.18. The average molecular weight is 271 g/mol. The highest BCUT2D eigenvalue weighted by Crippen LogP contribution is 2.30. The number of ether oxygens (including phenoxy) is 1. The van der Waals surface area contributed by atoms with Gasteiger partial charge in [0.1, 0.15) is 6.61 Å². The Morgan fingerprint density at radius 1 is 1.05 bits per heavy atom. The van der Waals surface area contributed by atoms with Gasteiger partial charge < -0.3 is 4.74 Å². The van der Waals surface area contributed by atoms with Crippen molar-refractivity contribution < 1.29 is 9.53 Å². The van der Waals surface area contributed by atoms with Crippen LogP contribution in [0.1, 0.15) is 16.7 Å². The number of carbonyl (C=O) groups excluding carboxylic acids is 1. The summed E-state index contributed by atoms with van der Waals surface area (Å²) in [7, 11) is 0. The molecule has 0 spiro atoms. The number of carbonyl (C=O) groups is 1. The highest BCUT2D eigenvalue weighted by molar-refractivity contribution is 6.33. The fraction of sp³-hybridized carbons (Fsp3) is 0.0625. The van der Waals surface area contributed by atoms with Crippen LogP contribution in [0.5, 0.6) is 0 Å². The lowest BCUT2D eigenvalue weighted by Crippen LogP contribution is -2.15. The summed E-state index contributed by atoms with van der Waals surface area (Å²) in [5, 5.41) is 0.617. The van der Waals surface area contributed by atoms with Crippen molar-refractivity contribution in [2.45, 2.75) is 6.61 Å². The predicted molar refractivity (Wildman–Crippen MR) is 75.6 cm³/mol. The summed E-state index contributed by atoms with van der Waals surface area (Å²) in [6, 6.07) is 15.2. The van der Waals surface area contributed by atoms with Gasteiger partial charge in [-0.05, 0) is 28.8 Å². The minimum atomic E-state index is -0.307. The van der Waals surface area contributed by atoms with Crippen molar-refractivity contribution in [1.82, 2.24) is 0 Å². The number of cyclic esters (lactones) is 1. The summed E-state index contributed by atoms with van der Waals surface area (Å²) in [5.41, 5.74) is 3.29. The number of benzene rings is 2. The Morgan fingerprint density at radius 3 is 2.63 bits per heavy atom. The second-order valence-electron chi connectivity index (χ2n) is 4.31. The molecule has 19 heavy (non-hydrogen) atoms. The summed E-state index contributed by atoms with van der Waals surface area (Å²) in [5.74, 6) is -0.307. The van der Waals surface area contributed by atoms with Gasteiger partial charge in [0.05, 0.1) is 5.57 Å². The number of esters is 1. The molecule has 0 saturated carbocycles. The number of halogens is 1. The van der Waals surface area contributed by atoms with Crippen molar-refractivity contribution >= 4 is 29.2 Å². The molecule has 0 saturated heterocycles. The first-order valence-corrected chi connectivity index (χ1v) is 6.35. The Balaban J connectivity index is 2.14. The first-order chi connectivity index (χ1) is 9.25. The maximum Gasteiger partial charge on any atom is 0.339 e. The van der Waals surface area contributed by atoms with E-state index >= 15 is 0 Å². The molecule has 0 amide bonds. The molecule has 0 fully saturated rings. The standard InChI is InChI=1S/C16H11ClO2/c17-15-8-4-2-5-11(15)9-14-13-7-3-1-6-12(13)10-19-16(14)18/h1-9H,10H2/b14-9-. The molecular formula is C16H11ClO2. The van der Waals surface area contributed by atoms with Crippen molar-refractivity contribution in [3.63, 3.8) is 0 Å². The monoisotopic (exact) mass is 270 g/mol. The van der Waals surface area contributed by atoms with Gasteiger partial charge in [0.15, 0.2) is 0 Å². The molecule has 0 atom stereocenters. The molecule has 2 aromatic rings. The fourth-order valence-corrected chi connectivity index (χ4v) is 2.31. The lowest BCUT2D eigenvalue weighted by atomic mass is 9.96. The Hall–Kier alpha value is -2.06. The summed E-state index contributed by atoms with van der Waals surface area (Å²) >= 11 is 6.12. The van der Waals surface area contributed by atoms with Crippen molar-refractivity contribution in [3.05, 3.63) is 70.2 Å². The molecule has 3 rings (SSSR count). The minimum Gasteiger partial charge on any atom is -0.457 e. The van der Waals surface area contributed by atoms with Crippen LogP contribution in [0, 0.1) is 0 Å². The van der Waals surface area contributed by atoms with Crippen LogP contribution in [0.25, 0.3) is 11.6 Å². The van der Waals surface area contributed by atoms with E-state index in [9.17, 15) is 4.79 Å². The van der Waals surface area contributed by atoms with Gasteiger partial charge in [-0.15, -0.1) is 0 Å². The van der Waals surface area contributed by atoms with Crippen molar-refractivity contribution in [1.29, 1.82) is 0 Å². The maximum absolute atomic E-state index is 11.9. The molecule has 1 aliphatic rings. The van der Waals surface area contributed by atoms with Crippen LogP contribution >= 0.6 is 11.6 Å². The molecule has 0 aromatic heterocycles. The zero-order valence-electron chi connectivity index (χ0n) is 10.1. The van der Waals surface area contributed by atoms with Gasteiger partial charge in [-0.2, -0.15) is 0 Å². The Kier molecular flexibility index (Phi) is 3.10. The van der Waals surface area contributed by atoms with E-state index in [2.05, 4.69) is 0 Å². The molecule has 0 N–H and O–H groups in total. The first-order valence-electron chi connectivity index (χ1n) is 5.97. The number of fused-ring (bicyclic) bond motifs is 1. The third-order valence-electron chi connectivity index (χ3n) is 3.09. The highest BCUT2D eigenvalue weighted by Gasteiger charge is 2.22. The van der Waals surface area contributed by atoms with Gasteiger partial charge >= 0.3 is 5.97 Å². The second-order valence-corrected chi connectivity index (χ2v) is 4.72. The molecular weight excluding hydrogens is 260 g/mol. The molecule has 2 nitrogen and oxygen atoms in total. The van der Waals surface area contributed by atoms with E-state index < -0.39 is 0 Å². The molecule has 1 heterocycles. The quantitative estimate of drug-likeness (QED) is 0.580. The molecule has 1 aliphatic heterocycles. The minimum absolute atomic E-state index is 0.307. The summed E-state index contributed by atoms with van der Waals surface area (Å²) in [6.45, 7) is 0.328. The Labute approximate surface area is 116 Å². The molecule has 0 unspecified atom stereocenters. The van der Waals surface area contributed by atoms with Crippen LogP contribution in [0.2, 0.25) is 5.02 Å². The Bertz CT molecular complexity index is 674. The molecule has 0 radical (unpaired) electrons. The normalized spacial score (nSPS) is 16.1. The van der Waals surface area contributed by atoms with Crippen LogP contribution in [0.3, 0.4) is 0 Å². The van der Waals surface area contributed by atoms with Crippen LogP contribution in [0.15, 0.2) is 48.5 Å². The zero-order chi connectivity index (χ0) is 13.2. The van der Waals surface area contributed by atoms with Crippen molar-refractivity contribution in [2.75, 3.05) is 0 Å². The van der Waals surface area contributed by atoms with Crippen LogP contribution in [-0.4, -0.2) is 5.97 Å². The SMILES string of the molecule is O=C1OCc2ccccc2/C1=C/c1ccccc1Cl. The van der Waals surface area contributed by atoms with E-state index in [0.717, 1.165) is 16.7 Å². The fourth-order valence-electron chi connectivity index (χ4n) is 2.12. The number of rotatable bonds is 1. The second kappa shape index (κ2) is 4.90. The van der Waals surface area contributed by atoms with E-state index in [1.54, 1.807) is 12.1 Å². The molecule has 2 aromatic carbocycles. The summed E-state index contributed by atoms with van der Waals surface area (Å²) < 4.78 is 5.18. The molecule has 94 valence electrons. The van der Waals surface area contributed by atoms with E-state index in [1.807, 2.05) is 42.5 Å². The van der Waals surface area contributed by atoms with E-state index in [4.69, 9.17) is 16.3 Å². The van der Waals surface area contributed by atoms with Gasteiger partial charge in [0.25, 0.3) is 0 Å². The maximum atomic E-state index is 11.9. The van der Waals surface area contributed by atoms with Crippen LogP contribution in [-0.2, 0) is 16.1 Å². The Morgan fingerprint density at radius 2 is 1.79 bits per heavy atom. The third-order valence-corrected chi connectivity index (χ3v) is 3.44. The van der Waals surface area contributed by atoms with Crippen LogP contribution in [0.4, 0.5) is 0 Å². The van der Waals surface area contributed by atoms with E-state index in [-0.39, 0.29) is 5.97 Å². The zero-order valence-corrected chi connectivity index (χ0v) is 10.9. The lowest BCUT2D eigenvalue weighted by molar-refractivity contribution is -0.138. The highest BCUT2D eigenvalue weighted by atomic mass is 35.5. The van der Waals surface area contributed by atoms with Crippen LogP contribution < -0.4 is 0 Å². The van der Waals surface area contributed by atoms with Gasteiger partial charge in [0.2, 0.25) is 0 Å². The van der Waals surface area contributed by atoms with Gasteiger partial charge in [-0.3, -0.25) is 0 Å². The summed E-state index contributed by atoms with van der Waals surface area (Å²) in [4.78, 5) is 11.9. The summed E-state index contributed by atoms with van der Waals surface area (Å²) in [6.07, 6.45) is 1.78. The third kappa shape index (κ3) is 2.27. The van der Waals surface area contributed by atoms with E-state index in [1.165, 1.54) is 0 Å². The van der Waals surface area contributed by atoms with E-state index in [0.29, 0.717) is 17.2 Å². The van der Waals surface area contributed by atoms with Crippen molar-refractivity contribution in [3.8, 4) is 0 Å². The van der Waals surface area contributed by atoms with Gasteiger partial charge in [-0.25, -0.2) is 4.79 Å². The predicted octanol–water partition coefficient (Wildman–Crippen LogP) is 3.94. The topological polar surface area (TPSA) is 26.3 Å². The van der Waals surface area contributed by atoms with Gasteiger partial charge in [0, 0.05) is 5.02 Å². The number of hydrogen-bond acceptors (Lipinski definition) is 2. The van der Waals surface area contributed by atoms with Crippen molar-refractivity contribution in [2.24, 2.45) is 0 Å². The average Bonchev–Trinajstić information content (AvgIpc) is 2.44. The largest absolute Gasteiger partial charge is 0.457 e. The molecule has 0 aliphatic carbocycles. The first kappa shape index (κ1) is 12.0. The molecule has 0 bridgehead atoms.